The maximum absolute atomic E-state index is 10.8. The lowest BCUT2D eigenvalue weighted by Crippen LogP contribution is -2.12. The molecule has 0 unspecified atom stereocenters. The van der Waals surface area contributed by atoms with Crippen molar-refractivity contribution in [3.05, 3.63) is 23.8 Å². The van der Waals surface area contributed by atoms with Crippen molar-refractivity contribution in [2.24, 2.45) is 5.92 Å². The van der Waals surface area contributed by atoms with E-state index in [4.69, 9.17) is 14.6 Å². The monoisotopic (exact) mass is 224 g/mol. The normalized spacial score (nSPS) is 11.9. The number of carboxylic acid groups (broad SMARTS) is 1. The van der Waals surface area contributed by atoms with Crippen LogP contribution < -0.4 is 9.47 Å². The van der Waals surface area contributed by atoms with E-state index in [-0.39, 0.29) is 0 Å². The average molecular weight is 224 g/mol. The Labute approximate surface area is 94.8 Å². The van der Waals surface area contributed by atoms with E-state index < -0.39 is 11.9 Å². The molecule has 0 fully saturated rings. The van der Waals surface area contributed by atoms with E-state index in [1.54, 1.807) is 33.3 Å². The van der Waals surface area contributed by atoms with Crippen molar-refractivity contribution in [1.82, 2.24) is 0 Å². The van der Waals surface area contributed by atoms with Crippen LogP contribution in [0, 0.1) is 5.92 Å². The fraction of sp³-hybridized carbons (Fsp3) is 0.417. The van der Waals surface area contributed by atoms with Gasteiger partial charge in [0.05, 0.1) is 20.1 Å². The predicted molar refractivity (Wildman–Crippen MR) is 60.0 cm³/mol. The standard InChI is InChI=1S/C12H16O4/c1-8(12(13)14)6-9-4-5-10(15-2)7-11(9)16-3/h4-5,7-8H,6H2,1-3H3,(H,13,14)/t8-/m1/s1. The predicted octanol–water partition coefficient (Wildman–Crippen LogP) is 1.97. The molecule has 0 saturated heterocycles. The second kappa shape index (κ2) is 5.39. The molecular formula is C12H16O4. The number of hydrogen-bond donors (Lipinski definition) is 1. The van der Waals surface area contributed by atoms with Gasteiger partial charge in [-0.25, -0.2) is 0 Å². The summed E-state index contributed by atoms with van der Waals surface area (Å²) in [5, 5.41) is 8.84. The number of benzene rings is 1. The van der Waals surface area contributed by atoms with Crippen LogP contribution in [0.2, 0.25) is 0 Å². The molecule has 4 nitrogen and oxygen atoms in total. The molecule has 0 aliphatic rings. The molecule has 88 valence electrons. The highest BCUT2D eigenvalue weighted by Gasteiger charge is 2.14. The number of methoxy groups -OCH3 is 2. The zero-order valence-corrected chi connectivity index (χ0v) is 9.69. The molecule has 0 spiro atoms. The number of hydrogen-bond acceptors (Lipinski definition) is 3. The summed E-state index contributed by atoms with van der Waals surface area (Å²) in [6.45, 7) is 1.67. The molecule has 0 amide bonds. The van der Waals surface area contributed by atoms with E-state index in [1.165, 1.54) is 0 Å². The molecule has 0 radical (unpaired) electrons. The summed E-state index contributed by atoms with van der Waals surface area (Å²) >= 11 is 0. The summed E-state index contributed by atoms with van der Waals surface area (Å²) in [6, 6.07) is 5.38. The summed E-state index contributed by atoms with van der Waals surface area (Å²) in [4.78, 5) is 10.8. The van der Waals surface area contributed by atoms with Gasteiger partial charge in [0, 0.05) is 6.07 Å². The summed E-state index contributed by atoms with van der Waals surface area (Å²) in [7, 11) is 3.14. The van der Waals surface area contributed by atoms with E-state index in [0.29, 0.717) is 17.9 Å². The van der Waals surface area contributed by atoms with Gasteiger partial charge in [0.1, 0.15) is 11.5 Å². The van der Waals surface area contributed by atoms with Crippen molar-refractivity contribution >= 4 is 5.97 Å². The fourth-order valence-electron chi connectivity index (χ4n) is 1.44. The highest BCUT2D eigenvalue weighted by molar-refractivity contribution is 5.70. The second-order valence-corrected chi connectivity index (χ2v) is 3.62. The smallest absolute Gasteiger partial charge is 0.306 e. The first-order chi connectivity index (χ1) is 7.58. The Morgan fingerprint density at radius 1 is 1.38 bits per heavy atom. The first kappa shape index (κ1) is 12.4. The van der Waals surface area contributed by atoms with Crippen LogP contribution in [0.15, 0.2) is 18.2 Å². The van der Waals surface area contributed by atoms with Crippen LogP contribution in [-0.2, 0) is 11.2 Å². The minimum absolute atomic E-state index is 0.428. The maximum atomic E-state index is 10.8. The third kappa shape index (κ3) is 2.89. The molecule has 0 saturated carbocycles. The topological polar surface area (TPSA) is 55.8 Å². The molecule has 0 heterocycles. The number of ether oxygens (including phenoxy) is 2. The molecular weight excluding hydrogens is 208 g/mol. The number of carboxylic acids is 1. The van der Waals surface area contributed by atoms with Crippen LogP contribution in [0.3, 0.4) is 0 Å². The Kier molecular flexibility index (Phi) is 4.17. The van der Waals surface area contributed by atoms with Crippen molar-refractivity contribution in [1.29, 1.82) is 0 Å². The second-order valence-electron chi connectivity index (χ2n) is 3.62. The number of rotatable bonds is 5. The fourth-order valence-corrected chi connectivity index (χ4v) is 1.44. The quantitative estimate of drug-likeness (QED) is 0.830. The van der Waals surface area contributed by atoms with Gasteiger partial charge < -0.3 is 14.6 Å². The third-order valence-corrected chi connectivity index (χ3v) is 2.44. The molecule has 1 rings (SSSR count). The molecule has 1 aromatic rings. The van der Waals surface area contributed by atoms with Crippen LogP contribution in [-0.4, -0.2) is 25.3 Å². The summed E-state index contributed by atoms with van der Waals surface area (Å²) in [5.41, 5.74) is 0.873. The lowest BCUT2D eigenvalue weighted by Gasteiger charge is -2.12. The van der Waals surface area contributed by atoms with Gasteiger partial charge in [0.15, 0.2) is 0 Å². The zero-order chi connectivity index (χ0) is 12.1. The largest absolute Gasteiger partial charge is 0.497 e. The Bertz CT molecular complexity index is 373. The lowest BCUT2D eigenvalue weighted by molar-refractivity contribution is -0.141. The average Bonchev–Trinajstić information content (AvgIpc) is 2.29. The molecule has 0 aliphatic carbocycles. The minimum Gasteiger partial charge on any atom is -0.497 e. The Hall–Kier alpha value is -1.71. The number of carbonyl (C=O) groups is 1. The first-order valence-corrected chi connectivity index (χ1v) is 5.02. The lowest BCUT2D eigenvalue weighted by atomic mass is 10.0. The highest BCUT2D eigenvalue weighted by Crippen LogP contribution is 2.26. The number of aliphatic carboxylic acids is 1. The van der Waals surface area contributed by atoms with E-state index in [1.807, 2.05) is 6.07 Å². The third-order valence-electron chi connectivity index (χ3n) is 2.44. The van der Waals surface area contributed by atoms with Crippen molar-refractivity contribution < 1.29 is 19.4 Å². The van der Waals surface area contributed by atoms with E-state index >= 15 is 0 Å². The first-order valence-electron chi connectivity index (χ1n) is 5.02. The van der Waals surface area contributed by atoms with Gasteiger partial charge >= 0.3 is 5.97 Å². The van der Waals surface area contributed by atoms with E-state index in [0.717, 1.165) is 5.56 Å². The summed E-state index contributed by atoms with van der Waals surface area (Å²) in [6.07, 6.45) is 0.447. The highest BCUT2D eigenvalue weighted by atomic mass is 16.5. The van der Waals surface area contributed by atoms with Gasteiger partial charge in [-0.1, -0.05) is 13.0 Å². The molecule has 1 aromatic carbocycles. The van der Waals surface area contributed by atoms with Crippen molar-refractivity contribution in [3.8, 4) is 11.5 Å². The van der Waals surface area contributed by atoms with Crippen LogP contribution in [0.25, 0.3) is 0 Å². The van der Waals surface area contributed by atoms with Gasteiger partial charge in [-0.15, -0.1) is 0 Å². The Balaban J connectivity index is 2.91. The van der Waals surface area contributed by atoms with Gasteiger partial charge in [0.2, 0.25) is 0 Å². The molecule has 0 aromatic heterocycles. The molecule has 0 bridgehead atoms. The van der Waals surface area contributed by atoms with Gasteiger partial charge in [0.25, 0.3) is 0 Å². The van der Waals surface area contributed by atoms with E-state index in [9.17, 15) is 4.79 Å². The van der Waals surface area contributed by atoms with Gasteiger partial charge in [-0.2, -0.15) is 0 Å². The Morgan fingerprint density at radius 2 is 2.06 bits per heavy atom. The maximum Gasteiger partial charge on any atom is 0.306 e. The molecule has 16 heavy (non-hydrogen) atoms. The Morgan fingerprint density at radius 3 is 2.56 bits per heavy atom. The van der Waals surface area contributed by atoms with E-state index in [2.05, 4.69) is 0 Å². The van der Waals surface area contributed by atoms with Crippen LogP contribution >= 0.6 is 0 Å². The zero-order valence-electron chi connectivity index (χ0n) is 9.69. The molecule has 1 N–H and O–H groups in total. The summed E-state index contributed by atoms with van der Waals surface area (Å²) in [5.74, 6) is 0.121. The van der Waals surface area contributed by atoms with Gasteiger partial charge in [-0.05, 0) is 18.1 Å². The molecule has 0 aliphatic heterocycles. The van der Waals surface area contributed by atoms with Crippen LogP contribution in [0.5, 0.6) is 11.5 Å². The molecule has 1 atom stereocenters. The van der Waals surface area contributed by atoms with Crippen LogP contribution in [0.4, 0.5) is 0 Å². The summed E-state index contributed by atoms with van der Waals surface area (Å²) < 4.78 is 10.3. The minimum atomic E-state index is -0.808. The van der Waals surface area contributed by atoms with Crippen LogP contribution in [0.1, 0.15) is 12.5 Å². The van der Waals surface area contributed by atoms with Gasteiger partial charge in [-0.3, -0.25) is 4.79 Å². The van der Waals surface area contributed by atoms with Crippen molar-refractivity contribution in [3.63, 3.8) is 0 Å². The van der Waals surface area contributed by atoms with Crippen molar-refractivity contribution in [2.75, 3.05) is 14.2 Å². The molecule has 4 heteroatoms. The van der Waals surface area contributed by atoms with Crippen molar-refractivity contribution in [2.45, 2.75) is 13.3 Å². The SMILES string of the molecule is COc1ccc(C[C@@H](C)C(=O)O)c(OC)c1.